The van der Waals surface area contributed by atoms with Crippen LogP contribution in [0.1, 0.15) is 31.0 Å². The third-order valence-corrected chi connectivity index (χ3v) is 3.03. The van der Waals surface area contributed by atoms with Crippen LogP contribution in [0, 0.1) is 6.92 Å². The van der Waals surface area contributed by atoms with Crippen LogP contribution in [-0.2, 0) is 0 Å². The zero-order valence-corrected chi connectivity index (χ0v) is 12.6. The second-order valence-corrected chi connectivity index (χ2v) is 4.90. The van der Waals surface area contributed by atoms with Crippen molar-refractivity contribution in [3.05, 3.63) is 40.7 Å². The minimum absolute atomic E-state index is 0.0866. The number of rotatable bonds is 5. The van der Waals surface area contributed by atoms with Crippen LogP contribution in [0.5, 0.6) is 0 Å². The Morgan fingerprint density at radius 2 is 1.75 bits per heavy atom. The Kier molecular flexibility index (Phi) is 4.74. The number of anilines is 2. The monoisotopic (exact) mass is 291 g/mol. The lowest BCUT2D eigenvalue weighted by molar-refractivity contribution is 0.852. The van der Waals surface area contributed by atoms with Crippen LogP contribution in [-0.4, -0.2) is 21.5 Å². The van der Waals surface area contributed by atoms with Crippen molar-refractivity contribution >= 4 is 23.5 Å². The predicted molar refractivity (Wildman–Crippen MR) is 82.2 cm³/mol. The van der Waals surface area contributed by atoms with Gasteiger partial charge in [0, 0.05) is 6.54 Å². The van der Waals surface area contributed by atoms with Crippen molar-refractivity contribution in [3.63, 3.8) is 0 Å². The molecule has 0 aliphatic heterocycles. The molecule has 0 radical (unpaired) electrons. The Morgan fingerprint density at radius 1 is 1.10 bits per heavy atom. The lowest BCUT2D eigenvalue weighted by Crippen LogP contribution is -2.12. The highest BCUT2D eigenvalue weighted by molar-refractivity contribution is 6.28. The Balaban J connectivity index is 2.14. The van der Waals surface area contributed by atoms with E-state index in [1.165, 1.54) is 5.56 Å². The zero-order chi connectivity index (χ0) is 14.5. The van der Waals surface area contributed by atoms with Crippen LogP contribution in [0.2, 0.25) is 5.28 Å². The Hall–Kier alpha value is -1.88. The molecule has 0 fully saturated rings. The quantitative estimate of drug-likeness (QED) is 0.883. The van der Waals surface area contributed by atoms with Crippen LogP contribution in [0.4, 0.5) is 11.9 Å². The van der Waals surface area contributed by atoms with Gasteiger partial charge in [-0.3, -0.25) is 0 Å². The number of aryl methyl sites for hydroxylation is 1. The zero-order valence-electron chi connectivity index (χ0n) is 11.8. The summed E-state index contributed by atoms with van der Waals surface area (Å²) >= 11 is 5.89. The van der Waals surface area contributed by atoms with E-state index >= 15 is 0 Å². The molecular formula is C14H18ClN5. The second-order valence-electron chi connectivity index (χ2n) is 4.56. The van der Waals surface area contributed by atoms with E-state index in [0.717, 1.165) is 12.1 Å². The summed E-state index contributed by atoms with van der Waals surface area (Å²) in [5.41, 5.74) is 2.40. The molecule has 0 aliphatic carbocycles. The highest BCUT2D eigenvalue weighted by Gasteiger charge is 2.09. The van der Waals surface area contributed by atoms with Crippen molar-refractivity contribution in [2.45, 2.75) is 26.8 Å². The van der Waals surface area contributed by atoms with Crippen molar-refractivity contribution in [2.75, 3.05) is 17.2 Å². The standard InChI is InChI=1S/C14H18ClN5/c1-4-16-13-18-12(15)19-14(20-13)17-10(3)11-7-5-9(2)6-8-11/h5-8,10H,4H2,1-3H3,(H2,16,17,18,19,20). The highest BCUT2D eigenvalue weighted by Crippen LogP contribution is 2.18. The second kappa shape index (κ2) is 6.52. The maximum atomic E-state index is 5.89. The normalized spacial score (nSPS) is 12.0. The number of nitrogens with one attached hydrogen (secondary N) is 2. The molecule has 1 heterocycles. The molecule has 1 atom stereocenters. The predicted octanol–water partition coefficient (Wildman–Crippen LogP) is 3.44. The van der Waals surface area contributed by atoms with Gasteiger partial charge in [0.25, 0.3) is 0 Å². The maximum Gasteiger partial charge on any atom is 0.229 e. The fourth-order valence-electron chi connectivity index (χ4n) is 1.78. The van der Waals surface area contributed by atoms with E-state index in [1.54, 1.807) is 0 Å². The van der Waals surface area contributed by atoms with Gasteiger partial charge in [0.15, 0.2) is 0 Å². The van der Waals surface area contributed by atoms with E-state index in [-0.39, 0.29) is 11.3 Å². The van der Waals surface area contributed by atoms with Gasteiger partial charge >= 0.3 is 0 Å². The molecule has 0 aliphatic rings. The fourth-order valence-corrected chi connectivity index (χ4v) is 1.94. The number of hydrogen-bond acceptors (Lipinski definition) is 5. The summed E-state index contributed by atoms with van der Waals surface area (Å²) in [6, 6.07) is 8.42. The van der Waals surface area contributed by atoms with Gasteiger partial charge in [-0.2, -0.15) is 15.0 Å². The van der Waals surface area contributed by atoms with Crippen molar-refractivity contribution < 1.29 is 0 Å². The summed E-state index contributed by atoms with van der Waals surface area (Å²) < 4.78 is 0. The largest absolute Gasteiger partial charge is 0.354 e. The average Bonchev–Trinajstić information content (AvgIpc) is 2.39. The molecule has 106 valence electrons. The van der Waals surface area contributed by atoms with Crippen molar-refractivity contribution in [1.29, 1.82) is 0 Å². The molecule has 0 bridgehead atoms. The van der Waals surface area contributed by atoms with Crippen LogP contribution in [0.25, 0.3) is 0 Å². The molecule has 0 amide bonds. The van der Waals surface area contributed by atoms with Crippen molar-refractivity contribution in [1.82, 2.24) is 15.0 Å². The van der Waals surface area contributed by atoms with Crippen LogP contribution in [0.15, 0.2) is 24.3 Å². The van der Waals surface area contributed by atoms with Gasteiger partial charge in [0.2, 0.25) is 17.2 Å². The Morgan fingerprint density at radius 3 is 2.40 bits per heavy atom. The molecule has 0 spiro atoms. The number of aromatic nitrogens is 3. The van der Waals surface area contributed by atoms with E-state index < -0.39 is 0 Å². The van der Waals surface area contributed by atoms with Gasteiger partial charge in [0.05, 0.1) is 6.04 Å². The number of halogens is 1. The fraction of sp³-hybridized carbons (Fsp3) is 0.357. The first-order valence-corrected chi connectivity index (χ1v) is 6.95. The lowest BCUT2D eigenvalue weighted by atomic mass is 10.1. The highest BCUT2D eigenvalue weighted by atomic mass is 35.5. The maximum absolute atomic E-state index is 5.89. The van der Waals surface area contributed by atoms with Gasteiger partial charge in [-0.15, -0.1) is 0 Å². The minimum atomic E-state index is 0.0866. The summed E-state index contributed by atoms with van der Waals surface area (Å²) in [6.07, 6.45) is 0. The van der Waals surface area contributed by atoms with Gasteiger partial charge in [0.1, 0.15) is 0 Å². The molecule has 2 rings (SSSR count). The van der Waals surface area contributed by atoms with E-state index in [4.69, 9.17) is 11.6 Å². The van der Waals surface area contributed by atoms with Crippen LogP contribution < -0.4 is 10.6 Å². The molecule has 20 heavy (non-hydrogen) atoms. The molecule has 0 saturated heterocycles. The van der Waals surface area contributed by atoms with Gasteiger partial charge in [-0.05, 0) is 37.9 Å². The van der Waals surface area contributed by atoms with Crippen molar-refractivity contribution in [2.24, 2.45) is 0 Å². The average molecular weight is 292 g/mol. The molecule has 6 heteroatoms. The van der Waals surface area contributed by atoms with E-state index in [0.29, 0.717) is 11.9 Å². The molecule has 1 unspecified atom stereocenters. The summed E-state index contributed by atoms with van der Waals surface area (Å²) in [4.78, 5) is 12.4. The Labute approximate surface area is 123 Å². The first-order valence-electron chi connectivity index (χ1n) is 6.57. The van der Waals surface area contributed by atoms with Gasteiger partial charge in [-0.25, -0.2) is 0 Å². The van der Waals surface area contributed by atoms with Gasteiger partial charge in [-0.1, -0.05) is 29.8 Å². The number of nitrogens with zero attached hydrogens (tertiary/aromatic N) is 3. The third kappa shape index (κ3) is 3.81. The molecular weight excluding hydrogens is 274 g/mol. The minimum Gasteiger partial charge on any atom is -0.354 e. The van der Waals surface area contributed by atoms with E-state index in [9.17, 15) is 0 Å². The van der Waals surface area contributed by atoms with E-state index in [2.05, 4.69) is 63.7 Å². The molecule has 1 aromatic carbocycles. The van der Waals surface area contributed by atoms with Crippen molar-refractivity contribution in [3.8, 4) is 0 Å². The number of hydrogen-bond donors (Lipinski definition) is 2. The first-order chi connectivity index (χ1) is 9.58. The molecule has 1 aromatic heterocycles. The smallest absolute Gasteiger partial charge is 0.229 e. The summed E-state index contributed by atoms with van der Waals surface area (Å²) in [6.45, 7) is 6.82. The van der Waals surface area contributed by atoms with E-state index in [1.807, 2.05) is 6.92 Å². The summed E-state index contributed by atoms with van der Waals surface area (Å²) in [5, 5.41) is 6.43. The summed E-state index contributed by atoms with van der Waals surface area (Å²) in [7, 11) is 0. The summed E-state index contributed by atoms with van der Waals surface area (Å²) in [5.74, 6) is 0.945. The molecule has 2 N–H and O–H groups in total. The number of benzene rings is 1. The molecule has 0 saturated carbocycles. The SMILES string of the molecule is CCNc1nc(Cl)nc(NC(C)c2ccc(C)cc2)n1. The molecule has 5 nitrogen and oxygen atoms in total. The third-order valence-electron chi connectivity index (χ3n) is 2.87. The Bertz CT molecular complexity index is 570. The van der Waals surface area contributed by atoms with Crippen LogP contribution >= 0.6 is 11.6 Å². The molecule has 2 aromatic rings. The van der Waals surface area contributed by atoms with Gasteiger partial charge < -0.3 is 10.6 Å². The van der Waals surface area contributed by atoms with Crippen LogP contribution in [0.3, 0.4) is 0 Å². The first kappa shape index (κ1) is 14.5. The topological polar surface area (TPSA) is 62.7 Å². The lowest BCUT2D eigenvalue weighted by Gasteiger charge is -2.15.